The fourth-order valence-electron chi connectivity index (χ4n) is 1.54. The van der Waals surface area contributed by atoms with Crippen LogP contribution in [0.25, 0.3) is 0 Å². The van der Waals surface area contributed by atoms with Gasteiger partial charge >= 0.3 is 0 Å². The Morgan fingerprint density at radius 1 is 1.58 bits per heavy atom. The van der Waals surface area contributed by atoms with Crippen molar-refractivity contribution in [3.05, 3.63) is 36.0 Å². The van der Waals surface area contributed by atoms with E-state index in [1.165, 1.54) is 0 Å². The third-order valence-corrected chi connectivity index (χ3v) is 2.50. The van der Waals surface area contributed by atoms with E-state index in [0.717, 1.165) is 0 Å². The van der Waals surface area contributed by atoms with E-state index in [2.05, 4.69) is 10.4 Å². The van der Waals surface area contributed by atoms with Crippen LogP contribution >= 0.6 is 0 Å². The first-order chi connectivity index (χ1) is 9.22. The summed E-state index contributed by atoms with van der Waals surface area (Å²) in [5.74, 6) is 0.469. The zero-order valence-electron chi connectivity index (χ0n) is 10.6. The highest BCUT2D eigenvalue weighted by atomic mass is 16.5. The molecule has 0 aliphatic rings. The van der Waals surface area contributed by atoms with Gasteiger partial charge in [-0.1, -0.05) is 0 Å². The molecule has 2 heterocycles. The van der Waals surface area contributed by atoms with Crippen LogP contribution in [0.5, 0.6) is 0 Å². The van der Waals surface area contributed by atoms with Crippen molar-refractivity contribution in [2.45, 2.75) is 13.1 Å². The van der Waals surface area contributed by atoms with Gasteiger partial charge in [-0.05, 0) is 12.1 Å². The van der Waals surface area contributed by atoms with Crippen molar-refractivity contribution in [1.29, 1.82) is 0 Å². The molecule has 102 valence electrons. The Labute approximate surface area is 110 Å². The number of nitrogens with one attached hydrogen (secondary N) is 1. The zero-order valence-corrected chi connectivity index (χ0v) is 10.6. The van der Waals surface area contributed by atoms with Crippen LogP contribution in [0.4, 0.5) is 5.69 Å². The summed E-state index contributed by atoms with van der Waals surface area (Å²) in [7, 11) is 1.62. The molecule has 2 rings (SSSR count). The fourth-order valence-corrected chi connectivity index (χ4v) is 1.54. The number of carbonyl (C=O) groups is 1. The van der Waals surface area contributed by atoms with Crippen molar-refractivity contribution in [1.82, 2.24) is 9.78 Å². The largest absolute Gasteiger partial charge is 0.455 e. The standard InChI is InChI=1S/C12H16N4O3/c1-18-5-4-16-8-9(7-14-16)15-12(17)11-3-2-10(6-13)19-11/h2-3,7-8H,4-6,13H2,1H3,(H,15,17). The van der Waals surface area contributed by atoms with Gasteiger partial charge in [-0.3, -0.25) is 9.48 Å². The van der Waals surface area contributed by atoms with E-state index in [0.29, 0.717) is 24.6 Å². The van der Waals surface area contributed by atoms with E-state index in [1.807, 2.05) is 0 Å². The Morgan fingerprint density at radius 2 is 2.42 bits per heavy atom. The van der Waals surface area contributed by atoms with E-state index in [-0.39, 0.29) is 18.2 Å². The molecule has 0 unspecified atom stereocenters. The number of ether oxygens (including phenoxy) is 1. The highest BCUT2D eigenvalue weighted by molar-refractivity contribution is 6.02. The molecule has 0 radical (unpaired) electrons. The first kappa shape index (κ1) is 13.3. The Hall–Kier alpha value is -2.12. The Balaban J connectivity index is 1.96. The summed E-state index contributed by atoms with van der Waals surface area (Å²) < 4.78 is 11.9. The average molecular weight is 264 g/mol. The predicted molar refractivity (Wildman–Crippen MR) is 68.7 cm³/mol. The van der Waals surface area contributed by atoms with Crippen molar-refractivity contribution >= 4 is 11.6 Å². The summed E-state index contributed by atoms with van der Waals surface area (Å²) in [6.45, 7) is 1.46. The molecule has 0 fully saturated rings. The van der Waals surface area contributed by atoms with Crippen molar-refractivity contribution in [2.24, 2.45) is 5.73 Å². The quantitative estimate of drug-likeness (QED) is 0.805. The van der Waals surface area contributed by atoms with Crippen LogP contribution in [0.2, 0.25) is 0 Å². The molecule has 0 saturated carbocycles. The lowest BCUT2D eigenvalue weighted by Crippen LogP contribution is -2.10. The minimum absolute atomic E-state index is 0.227. The number of aromatic nitrogens is 2. The second-order valence-electron chi connectivity index (χ2n) is 3.91. The molecular formula is C12H16N4O3. The normalized spacial score (nSPS) is 10.6. The minimum atomic E-state index is -0.328. The van der Waals surface area contributed by atoms with Crippen LogP contribution in [0.1, 0.15) is 16.3 Å². The van der Waals surface area contributed by atoms with Gasteiger partial charge in [0, 0.05) is 13.3 Å². The molecule has 0 bridgehead atoms. The van der Waals surface area contributed by atoms with E-state index in [9.17, 15) is 4.79 Å². The zero-order chi connectivity index (χ0) is 13.7. The van der Waals surface area contributed by atoms with Crippen molar-refractivity contribution < 1.29 is 13.9 Å². The molecule has 0 saturated heterocycles. The van der Waals surface area contributed by atoms with E-state index in [1.54, 1.807) is 36.3 Å². The maximum absolute atomic E-state index is 11.9. The Bertz CT molecular complexity index is 547. The van der Waals surface area contributed by atoms with Crippen LogP contribution in [0.15, 0.2) is 28.9 Å². The summed E-state index contributed by atoms with van der Waals surface area (Å²) in [6.07, 6.45) is 3.30. The number of nitrogens with two attached hydrogens (primary N) is 1. The number of hydrogen-bond donors (Lipinski definition) is 2. The first-order valence-electron chi connectivity index (χ1n) is 5.84. The van der Waals surface area contributed by atoms with Gasteiger partial charge in [0.15, 0.2) is 5.76 Å². The fraction of sp³-hybridized carbons (Fsp3) is 0.333. The first-order valence-corrected chi connectivity index (χ1v) is 5.84. The molecular weight excluding hydrogens is 248 g/mol. The summed E-state index contributed by atoms with van der Waals surface area (Å²) in [6, 6.07) is 3.27. The highest BCUT2D eigenvalue weighted by Crippen LogP contribution is 2.11. The number of rotatable bonds is 6. The molecule has 3 N–H and O–H groups in total. The number of amides is 1. The minimum Gasteiger partial charge on any atom is -0.455 e. The van der Waals surface area contributed by atoms with Crippen molar-refractivity contribution in [2.75, 3.05) is 19.0 Å². The smallest absolute Gasteiger partial charge is 0.291 e. The van der Waals surface area contributed by atoms with Crippen molar-refractivity contribution in [3.63, 3.8) is 0 Å². The molecule has 0 spiro atoms. The molecule has 19 heavy (non-hydrogen) atoms. The maximum atomic E-state index is 11.9. The summed E-state index contributed by atoms with van der Waals surface area (Å²) in [5.41, 5.74) is 6.02. The second-order valence-corrected chi connectivity index (χ2v) is 3.91. The molecule has 0 aliphatic carbocycles. The Morgan fingerprint density at radius 3 is 3.11 bits per heavy atom. The molecule has 7 heteroatoms. The number of hydrogen-bond acceptors (Lipinski definition) is 5. The molecule has 0 atom stereocenters. The van der Waals surface area contributed by atoms with Gasteiger partial charge < -0.3 is 20.2 Å². The monoisotopic (exact) mass is 264 g/mol. The number of furan rings is 1. The van der Waals surface area contributed by atoms with Crippen LogP contribution in [-0.4, -0.2) is 29.4 Å². The molecule has 1 amide bonds. The molecule has 2 aromatic rings. The summed E-state index contributed by atoms with van der Waals surface area (Å²) >= 11 is 0. The topological polar surface area (TPSA) is 95.3 Å². The lowest BCUT2D eigenvalue weighted by atomic mass is 10.4. The second kappa shape index (κ2) is 6.17. The number of nitrogens with zero attached hydrogens (tertiary/aromatic N) is 2. The number of anilines is 1. The highest BCUT2D eigenvalue weighted by Gasteiger charge is 2.11. The number of carbonyl (C=O) groups excluding carboxylic acids is 1. The lowest BCUT2D eigenvalue weighted by molar-refractivity contribution is 0.0995. The van der Waals surface area contributed by atoms with Gasteiger partial charge in [0.2, 0.25) is 0 Å². The molecule has 2 aromatic heterocycles. The van der Waals surface area contributed by atoms with Gasteiger partial charge in [-0.15, -0.1) is 0 Å². The van der Waals surface area contributed by atoms with Crippen LogP contribution in [-0.2, 0) is 17.8 Å². The van der Waals surface area contributed by atoms with E-state index in [4.69, 9.17) is 14.9 Å². The van der Waals surface area contributed by atoms with Gasteiger partial charge in [0.05, 0.1) is 31.6 Å². The third kappa shape index (κ3) is 3.43. The predicted octanol–water partition coefficient (Wildman–Crippen LogP) is 0.833. The average Bonchev–Trinajstić information content (AvgIpc) is 3.05. The van der Waals surface area contributed by atoms with E-state index >= 15 is 0 Å². The summed E-state index contributed by atoms with van der Waals surface area (Å²) in [4.78, 5) is 11.9. The maximum Gasteiger partial charge on any atom is 0.291 e. The molecule has 0 aromatic carbocycles. The third-order valence-electron chi connectivity index (χ3n) is 2.50. The van der Waals surface area contributed by atoms with E-state index < -0.39 is 0 Å². The van der Waals surface area contributed by atoms with Gasteiger partial charge in [-0.2, -0.15) is 5.10 Å². The van der Waals surface area contributed by atoms with Gasteiger partial charge in [0.1, 0.15) is 5.76 Å². The van der Waals surface area contributed by atoms with Gasteiger partial charge in [-0.25, -0.2) is 0 Å². The van der Waals surface area contributed by atoms with Crippen molar-refractivity contribution in [3.8, 4) is 0 Å². The number of methoxy groups -OCH3 is 1. The lowest BCUT2D eigenvalue weighted by Gasteiger charge is -2.00. The van der Waals surface area contributed by atoms with Gasteiger partial charge in [0.25, 0.3) is 5.91 Å². The van der Waals surface area contributed by atoms with Crippen LogP contribution < -0.4 is 11.1 Å². The van der Waals surface area contributed by atoms with Crippen LogP contribution in [0.3, 0.4) is 0 Å². The molecule has 0 aliphatic heterocycles. The summed E-state index contributed by atoms with van der Waals surface area (Å²) in [5, 5.41) is 6.79. The Kier molecular flexibility index (Phi) is 4.32. The SMILES string of the molecule is COCCn1cc(NC(=O)c2ccc(CN)o2)cn1. The van der Waals surface area contributed by atoms with Crippen LogP contribution in [0, 0.1) is 0 Å². The molecule has 7 nitrogen and oxygen atoms in total.